The highest BCUT2D eigenvalue weighted by Crippen LogP contribution is 2.31. The van der Waals surface area contributed by atoms with Gasteiger partial charge in [-0.15, -0.1) is 0 Å². The highest BCUT2D eigenvalue weighted by molar-refractivity contribution is 5.38. The summed E-state index contributed by atoms with van der Waals surface area (Å²) in [7, 11) is 1.61. The molecule has 0 bridgehead atoms. The molecule has 4 heteroatoms. The molecule has 0 aliphatic heterocycles. The fourth-order valence-electron chi connectivity index (χ4n) is 2.77. The van der Waals surface area contributed by atoms with Gasteiger partial charge in [-0.2, -0.15) is 0 Å². The fourth-order valence-corrected chi connectivity index (χ4v) is 2.77. The van der Waals surface area contributed by atoms with Crippen LogP contribution in [-0.2, 0) is 0 Å². The quantitative estimate of drug-likeness (QED) is 0.578. The highest BCUT2D eigenvalue weighted by atomic mass is 16.6. The van der Waals surface area contributed by atoms with E-state index in [0.717, 1.165) is 16.9 Å². The lowest BCUT2D eigenvalue weighted by atomic mass is 9.85. The van der Waals surface area contributed by atoms with E-state index in [1.807, 2.05) is 36.4 Å². The van der Waals surface area contributed by atoms with Crippen LogP contribution in [0.4, 0.5) is 0 Å². The summed E-state index contributed by atoms with van der Waals surface area (Å²) in [5.74, 6) is 0.907. The van der Waals surface area contributed by atoms with Gasteiger partial charge in [-0.1, -0.05) is 50.2 Å². The molecule has 0 saturated heterocycles. The van der Waals surface area contributed by atoms with Crippen LogP contribution in [0.25, 0.3) is 0 Å². The first-order valence-corrected chi connectivity index (χ1v) is 7.81. The van der Waals surface area contributed by atoms with E-state index in [0.29, 0.717) is 5.92 Å². The first-order valence-electron chi connectivity index (χ1n) is 7.81. The summed E-state index contributed by atoms with van der Waals surface area (Å²) >= 11 is 0. The molecule has 4 nitrogen and oxygen atoms in total. The van der Waals surface area contributed by atoms with E-state index in [1.165, 1.54) is 5.56 Å². The molecule has 0 N–H and O–H groups in total. The number of rotatable bonds is 6. The van der Waals surface area contributed by atoms with Crippen LogP contribution in [0.15, 0.2) is 48.5 Å². The molecule has 0 amide bonds. The van der Waals surface area contributed by atoms with E-state index in [4.69, 9.17) is 4.74 Å². The predicted molar refractivity (Wildman–Crippen MR) is 91.8 cm³/mol. The van der Waals surface area contributed by atoms with E-state index in [1.54, 1.807) is 14.0 Å². The number of nitrogens with zero attached hydrogens (tertiary/aromatic N) is 1. The summed E-state index contributed by atoms with van der Waals surface area (Å²) in [6.45, 7) is 5.93. The van der Waals surface area contributed by atoms with E-state index in [-0.39, 0.29) is 10.8 Å². The van der Waals surface area contributed by atoms with Gasteiger partial charge in [0.05, 0.1) is 13.0 Å². The van der Waals surface area contributed by atoms with E-state index < -0.39 is 6.04 Å². The smallest absolute Gasteiger partial charge is 0.221 e. The number of methoxy groups -OCH3 is 1. The molecule has 2 unspecified atom stereocenters. The first kappa shape index (κ1) is 17.0. The normalized spacial score (nSPS) is 13.6. The summed E-state index contributed by atoms with van der Waals surface area (Å²) in [5.41, 5.74) is 3.12. The van der Waals surface area contributed by atoms with Crippen LogP contribution >= 0.6 is 0 Å². The largest absolute Gasteiger partial charge is 0.497 e. The van der Waals surface area contributed by atoms with Crippen LogP contribution in [0.2, 0.25) is 0 Å². The van der Waals surface area contributed by atoms with Crippen molar-refractivity contribution in [2.75, 3.05) is 7.11 Å². The molecule has 0 aliphatic carbocycles. The summed E-state index contributed by atoms with van der Waals surface area (Å²) in [4.78, 5) is 11.1. The Morgan fingerprint density at radius 2 is 1.30 bits per heavy atom. The van der Waals surface area contributed by atoms with Gasteiger partial charge < -0.3 is 4.74 Å². The Bertz CT molecular complexity index is 647. The van der Waals surface area contributed by atoms with E-state index in [2.05, 4.69) is 26.0 Å². The molecule has 0 aromatic heterocycles. The molecular formula is C19H23NO3. The van der Waals surface area contributed by atoms with Gasteiger partial charge in [0.1, 0.15) is 5.75 Å². The lowest BCUT2D eigenvalue weighted by molar-refractivity contribution is -0.520. The monoisotopic (exact) mass is 313 g/mol. The van der Waals surface area contributed by atoms with Gasteiger partial charge in [-0.05, 0) is 34.7 Å². The Hall–Kier alpha value is -2.36. The van der Waals surface area contributed by atoms with Crippen molar-refractivity contribution in [1.29, 1.82) is 0 Å². The third-order valence-corrected chi connectivity index (χ3v) is 4.25. The third-order valence-electron chi connectivity index (χ3n) is 4.25. The predicted octanol–water partition coefficient (Wildman–Crippen LogP) is 4.62. The lowest BCUT2D eigenvalue weighted by Gasteiger charge is -2.20. The average Bonchev–Trinajstić information content (AvgIpc) is 2.56. The van der Waals surface area contributed by atoms with Gasteiger partial charge in [0, 0.05) is 11.8 Å². The Balaban J connectivity index is 2.42. The van der Waals surface area contributed by atoms with Crippen LogP contribution in [0.1, 0.15) is 49.3 Å². The topological polar surface area (TPSA) is 52.4 Å². The zero-order valence-corrected chi connectivity index (χ0v) is 14.0. The summed E-state index contributed by atoms with van der Waals surface area (Å²) in [5, 5.41) is 11.4. The van der Waals surface area contributed by atoms with Crippen molar-refractivity contribution < 1.29 is 9.66 Å². The van der Waals surface area contributed by atoms with Crippen LogP contribution in [-0.4, -0.2) is 18.1 Å². The standard InChI is InChI=1S/C19H23NO3/c1-13(2)15-5-7-16(8-6-15)19(14(3)20(21)22)17-9-11-18(23-4)12-10-17/h5-14,19H,1-4H3. The minimum atomic E-state index is -0.701. The SMILES string of the molecule is COc1ccc(C(c2ccc(C(C)C)cc2)C(C)[N+](=O)[O-])cc1. The molecule has 0 aliphatic rings. The fraction of sp³-hybridized carbons (Fsp3) is 0.368. The van der Waals surface area contributed by atoms with E-state index >= 15 is 0 Å². The van der Waals surface area contributed by atoms with Gasteiger partial charge in [0.2, 0.25) is 6.04 Å². The Kier molecular flexibility index (Phi) is 5.37. The van der Waals surface area contributed by atoms with Crippen LogP contribution in [0.5, 0.6) is 5.75 Å². The molecule has 2 aromatic carbocycles. The lowest BCUT2D eigenvalue weighted by Crippen LogP contribution is -2.25. The van der Waals surface area contributed by atoms with Gasteiger partial charge in [-0.3, -0.25) is 10.1 Å². The first-order chi connectivity index (χ1) is 10.9. The van der Waals surface area contributed by atoms with Crippen molar-refractivity contribution in [3.8, 4) is 5.75 Å². The van der Waals surface area contributed by atoms with E-state index in [9.17, 15) is 10.1 Å². The molecule has 2 atom stereocenters. The van der Waals surface area contributed by atoms with Crippen LogP contribution in [0, 0.1) is 10.1 Å². The van der Waals surface area contributed by atoms with Crippen molar-refractivity contribution >= 4 is 0 Å². The molecule has 122 valence electrons. The van der Waals surface area contributed by atoms with Gasteiger partial charge >= 0.3 is 0 Å². The Labute approximate surface area is 137 Å². The summed E-state index contributed by atoms with van der Waals surface area (Å²) in [6.07, 6.45) is 0. The highest BCUT2D eigenvalue weighted by Gasteiger charge is 2.29. The van der Waals surface area contributed by atoms with Crippen molar-refractivity contribution in [1.82, 2.24) is 0 Å². The molecule has 0 fully saturated rings. The van der Waals surface area contributed by atoms with Crippen molar-refractivity contribution in [3.63, 3.8) is 0 Å². The molecule has 0 heterocycles. The Morgan fingerprint density at radius 1 is 0.870 bits per heavy atom. The molecular weight excluding hydrogens is 290 g/mol. The maximum atomic E-state index is 11.4. The number of nitro groups is 1. The second-order valence-corrected chi connectivity index (χ2v) is 6.10. The maximum Gasteiger partial charge on any atom is 0.221 e. The van der Waals surface area contributed by atoms with Crippen molar-refractivity contribution in [2.24, 2.45) is 0 Å². The average molecular weight is 313 g/mol. The second kappa shape index (κ2) is 7.27. The summed E-state index contributed by atoms with van der Waals surface area (Å²) in [6, 6.07) is 14.9. The zero-order chi connectivity index (χ0) is 17.0. The van der Waals surface area contributed by atoms with Crippen molar-refractivity contribution in [3.05, 3.63) is 75.3 Å². The number of benzene rings is 2. The maximum absolute atomic E-state index is 11.4. The van der Waals surface area contributed by atoms with Crippen molar-refractivity contribution in [2.45, 2.75) is 38.6 Å². The molecule has 23 heavy (non-hydrogen) atoms. The minimum absolute atomic E-state index is 0.217. The number of hydrogen-bond acceptors (Lipinski definition) is 3. The molecule has 2 rings (SSSR count). The van der Waals surface area contributed by atoms with Gasteiger partial charge in [0.15, 0.2) is 0 Å². The molecule has 0 saturated carbocycles. The minimum Gasteiger partial charge on any atom is -0.497 e. The number of hydrogen-bond donors (Lipinski definition) is 0. The second-order valence-electron chi connectivity index (χ2n) is 6.10. The van der Waals surface area contributed by atoms with Crippen LogP contribution < -0.4 is 4.74 Å². The van der Waals surface area contributed by atoms with Gasteiger partial charge in [0.25, 0.3) is 0 Å². The molecule has 2 aromatic rings. The van der Waals surface area contributed by atoms with Crippen LogP contribution in [0.3, 0.4) is 0 Å². The molecule has 0 spiro atoms. The molecule has 0 radical (unpaired) electrons. The third kappa shape index (κ3) is 3.89. The summed E-state index contributed by atoms with van der Waals surface area (Å²) < 4.78 is 5.17. The Morgan fingerprint density at radius 3 is 1.70 bits per heavy atom. The number of ether oxygens (including phenoxy) is 1. The van der Waals surface area contributed by atoms with Gasteiger partial charge in [-0.25, -0.2) is 0 Å². The zero-order valence-electron chi connectivity index (χ0n) is 14.0.